The van der Waals surface area contributed by atoms with Crippen molar-refractivity contribution < 1.29 is 18.0 Å². The summed E-state index contributed by atoms with van der Waals surface area (Å²) in [5.41, 5.74) is 4.48. The minimum Gasteiger partial charge on any atom is -0.368 e. The van der Waals surface area contributed by atoms with Crippen LogP contribution in [0.4, 0.5) is 30.8 Å². The van der Waals surface area contributed by atoms with Gasteiger partial charge in [0.2, 0.25) is 17.8 Å². The number of carbonyl (C=O) groups is 1. The Hall–Kier alpha value is -2.56. The van der Waals surface area contributed by atoms with Crippen LogP contribution in [0, 0.1) is 0 Å². The first-order valence-electron chi connectivity index (χ1n) is 6.95. The zero-order chi connectivity index (χ0) is 18.6. The summed E-state index contributed by atoms with van der Waals surface area (Å²) < 4.78 is 38.9. The third-order valence-electron chi connectivity index (χ3n) is 3.05. The molecule has 1 heterocycles. The standard InChI is InChI=1S/C14H15F3N6OS/c1-19-11-20-12(22-13(21-11)25-2)23(7-10(18)24)9-5-3-4-8(6-9)14(15,16)17/h3-6H,7H2,1-2H3,(H2,18,24)(H,19,20,21,22). The van der Waals surface area contributed by atoms with Gasteiger partial charge in [0.05, 0.1) is 5.56 Å². The number of aromatic nitrogens is 3. The topological polar surface area (TPSA) is 97.0 Å². The summed E-state index contributed by atoms with van der Waals surface area (Å²) in [5, 5.41) is 3.08. The van der Waals surface area contributed by atoms with Crippen LogP contribution < -0.4 is 16.0 Å². The van der Waals surface area contributed by atoms with E-state index < -0.39 is 17.6 Å². The van der Waals surface area contributed by atoms with Crippen LogP contribution in [-0.4, -0.2) is 40.7 Å². The van der Waals surface area contributed by atoms with Crippen LogP contribution in [-0.2, 0) is 11.0 Å². The first kappa shape index (κ1) is 18.8. The SMILES string of the molecule is CNc1nc(SC)nc(N(CC(N)=O)c2cccc(C(F)(F)F)c2)n1. The number of nitrogens with one attached hydrogen (secondary N) is 1. The van der Waals surface area contributed by atoms with E-state index in [1.165, 1.54) is 28.8 Å². The average molecular weight is 372 g/mol. The van der Waals surface area contributed by atoms with Gasteiger partial charge in [-0.05, 0) is 24.5 Å². The van der Waals surface area contributed by atoms with E-state index in [1.807, 2.05) is 0 Å². The van der Waals surface area contributed by atoms with Gasteiger partial charge < -0.3 is 16.0 Å². The van der Waals surface area contributed by atoms with Crippen molar-refractivity contribution in [2.24, 2.45) is 5.73 Å². The van der Waals surface area contributed by atoms with Gasteiger partial charge in [-0.25, -0.2) is 0 Å². The summed E-state index contributed by atoms with van der Waals surface area (Å²) in [7, 11) is 1.59. The number of primary amides is 1. The number of nitrogens with two attached hydrogens (primary N) is 1. The Morgan fingerprint density at radius 1 is 1.32 bits per heavy atom. The van der Waals surface area contributed by atoms with Gasteiger partial charge in [0.15, 0.2) is 5.16 Å². The molecule has 0 bridgehead atoms. The largest absolute Gasteiger partial charge is 0.416 e. The molecule has 134 valence electrons. The number of benzene rings is 1. The molecule has 0 radical (unpaired) electrons. The van der Waals surface area contributed by atoms with Crippen molar-refractivity contribution in [1.82, 2.24) is 15.0 Å². The maximum Gasteiger partial charge on any atom is 0.416 e. The fourth-order valence-corrected chi connectivity index (χ4v) is 2.30. The molecule has 0 spiro atoms. The Balaban J connectivity index is 2.56. The number of hydrogen-bond donors (Lipinski definition) is 2. The molecule has 2 aromatic rings. The first-order valence-corrected chi connectivity index (χ1v) is 8.18. The molecule has 0 aliphatic rings. The highest BCUT2D eigenvalue weighted by Crippen LogP contribution is 2.33. The minimum absolute atomic E-state index is 0.0156. The highest BCUT2D eigenvalue weighted by Gasteiger charge is 2.31. The second-order valence-corrected chi connectivity index (χ2v) is 5.57. The molecule has 1 aromatic carbocycles. The molecule has 0 fully saturated rings. The lowest BCUT2D eigenvalue weighted by atomic mass is 10.2. The van der Waals surface area contributed by atoms with Gasteiger partial charge in [-0.2, -0.15) is 28.1 Å². The fourth-order valence-electron chi connectivity index (χ4n) is 1.95. The number of rotatable bonds is 6. The summed E-state index contributed by atoms with van der Waals surface area (Å²) in [6.45, 7) is -0.387. The highest BCUT2D eigenvalue weighted by molar-refractivity contribution is 7.98. The van der Waals surface area contributed by atoms with E-state index in [2.05, 4.69) is 20.3 Å². The molecule has 3 N–H and O–H groups in total. The molecule has 0 aliphatic carbocycles. The van der Waals surface area contributed by atoms with E-state index >= 15 is 0 Å². The van der Waals surface area contributed by atoms with Gasteiger partial charge in [0, 0.05) is 12.7 Å². The predicted molar refractivity (Wildman–Crippen MR) is 88.8 cm³/mol. The van der Waals surface area contributed by atoms with Crippen molar-refractivity contribution in [2.45, 2.75) is 11.3 Å². The van der Waals surface area contributed by atoms with Crippen LogP contribution in [0.15, 0.2) is 29.4 Å². The Morgan fingerprint density at radius 2 is 2.04 bits per heavy atom. The summed E-state index contributed by atoms with van der Waals surface area (Å²) in [6, 6.07) is 4.50. The van der Waals surface area contributed by atoms with Crippen LogP contribution >= 0.6 is 11.8 Å². The quantitative estimate of drug-likeness (QED) is 0.751. The van der Waals surface area contributed by atoms with Crippen LogP contribution in [0.2, 0.25) is 0 Å². The van der Waals surface area contributed by atoms with Crippen LogP contribution in [0.5, 0.6) is 0 Å². The van der Waals surface area contributed by atoms with E-state index in [0.717, 1.165) is 12.1 Å². The molecule has 11 heteroatoms. The van der Waals surface area contributed by atoms with Crippen molar-refractivity contribution in [1.29, 1.82) is 0 Å². The maximum absolute atomic E-state index is 13.0. The predicted octanol–water partition coefficient (Wildman–Crippen LogP) is 2.28. The highest BCUT2D eigenvalue weighted by atomic mass is 32.2. The van der Waals surface area contributed by atoms with Crippen molar-refractivity contribution >= 4 is 35.3 Å². The molecular weight excluding hydrogens is 357 g/mol. The second-order valence-electron chi connectivity index (χ2n) is 4.80. The van der Waals surface area contributed by atoms with Crippen molar-refractivity contribution in [3.63, 3.8) is 0 Å². The molecule has 0 aliphatic heterocycles. The molecule has 2 rings (SSSR count). The third-order valence-corrected chi connectivity index (χ3v) is 3.60. The summed E-state index contributed by atoms with van der Waals surface area (Å²) in [4.78, 5) is 25.0. The van der Waals surface area contributed by atoms with Gasteiger partial charge in [0.1, 0.15) is 6.54 Å². The zero-order valence-corrected chi connectivity index (χ0v) is 14.1. The van der Waals surface area contributed by atoms with Crippen LogP contribution in [0.3, 0.4) is 0 Å². The molecule has 25 heavy (non-hydrogen) atoms. The van der Waals surface area contributed by atoms with Crippen LogP contribution in [0.25, 0.3) is 0 Å². The second kappa shape index (κ2) is 7.55. The van der Waals surface area contributed by atoms with Crippen molar-refractivity contribution in [3.8, 4) is 0 Å². The fraction of sp³-hybridized carbons (Fsp3) is 0.286. The lowest BCUT2D eigenvalue weighted by Crippen LogP contribution is -2.32. The Kier molecular flexibility index (Phi) is 5.67. The first-order chi connectivity index (χ1) is 11.7. The molecule has 0 saturated heterocycles. The molecule has 1 aromatic heterocycles. The van der Waals surface area contributed by atoms with Gasteiger partial charge in [-0.1, -0.05) is 17.8 Å². The lowest BCUT2D eigenvalue weighted by molar-refractivity contribution is -0.137. The number of nitrogens with zero attached hydrogens (tertiary/aromatic N) is 4. The van der Waals surface area contributed by atoms with E-state index in [0.29, 0.717) is 5.16 Å². The molecule has 0 saturated carbocycles. The summed E-state index contributed by atoms with van der Waals surface area (Å²) in [6.07, 6.45) is -2.78. The number of thioether (sulfide) groups is 1. The Morgan fingerprint density at radius 3 is 2.60 bits per heavy atom. The smallest absolute Gasteiger partial charge is 0.368 e. The molecule has 0 atom stereocenters. The number of hydrogen-bond acceptors (Lipinski definition) is 7. The molecule has 7 nitrogen and oxygen atoms in total. The van der Waals surface area contributed by atoms with Crippen LogP contribution in [0.1, 0.15) is 5.56 Å². The van der Waals surface area contributed by atoms with Gasteiger partial charge in [-0.3, -0.25) is 4.79 Å². The molecule has 1 amide bonds. The maximum atomic E-state index is 13.0. The Bertz CT molecular complexity index is 748. The number of alkyl halides is 3. The van der Waals surface area contributed by atoms with Gasteiger partial charge >= 0.3 is 6.18 Å². The number of carbonyl (C=O) groups excluding carboxylic acids is 1. The van der Waals surface area contributed by atoms with Crippen molar-refractivity contribution in [3.05, 3.63) is 29.8 Å². The van der Waals surface area contributed by atoms with E-state index in [9.17, 15) is 18.0 Å². The average Bonchev–Trinajstić information content (AvgIpc) is 2.58. The van der Waals surface area contributed by atoms with Gasteiger partial charge in [0.25, 0.3) is 0 Å². The number of anilines is 3. The van der Waals surface area contributed by atoms with E-state index in [1.54, 1.807) is 13.3 Å². The van der Waals surface area contributed by atoms with E-state index in [4.69, 9.17) is 5.73 Å². The third kappa shape index (κ3) is 4.72. The number of halogens is 3. The summed E-state index contributed by atoms with van der Waals surface area (Å²) >= 11 is 1.23. The monoisotopic (exact) mass is 372 g/mol. The van der Waals surface area contributed by atoms with E-state index in [-0.39, 0.29) is 24.1 Å². The summed E-state index contributed by atoms with van der Waals surface area (Å²) in [5.74, 6) is -0.507. The van der Waals surface area contributed by atoms with Crippen molar-refractivity contribution in [2.75, 3.05) is 30.1 Å². The Labute approximate surface area is 145 Å². The zero-order valence-electron chi connectivity index (χ0n) is 13.3. The van der Waals surface area contributed by atoms with Gasteiger partial charge in [-0.15, -0.1) is 0 Å². The number of amides is 1. The normalized spacial score (nSPS) is 11.2. The molecule has 0 unspecified atom stereocenters. The lowest BCUT2D eigenvalue weighted by Gasteiger charge is -2.22. The minimum atomic E-state index is -4.52. The molecular formula is C14H15F3N6OS.